The summed E-state index contributed by atoms with van der Waals surface area (Å²) in [5.74, 6) is 0.230. The van der Waals surface area contributed by atoms with E-state index in [1.165, 1.54) is 11.3 Å². The number of amides is 2. The third-order valence-electron chi connectivity index (χ3n) is 4.61. The Morgan fingerprint density at radius 1 is 1.25 bits per heavy atom. The Labute approximate surface area is 149 Å². The Morgan fingerprint density at radius 2 is 2.08 bits per heavy atom. The van der Waals surface area contributed by atoms with E-state index in [1.54, 1.807) is 6.07 Å². The quantitative estimate of drug-likeness (QED) is 0.907. The average molecular weight is 364 g/mol. The Kier molecular flexibility index (Phi) is 4.18. The molecule has 1 unspecified atom stereocenters. The van der Waals surface area contributed by atoms with Crippen LogP contribution >= 0.6 is 22.9 Å². The van der Waals surface area contributed by atoms with Crippen molar-refractivity contribution in [3.05, 3.63) is 23.2 Å². The molecule has 1 saturated heterocycles. The predicted molar refractivity (Wildman–Crippen MR) is 95.3 cm³/mol. The van der Waals surface area contributed by atoms with Gasteiger partial charge in [0.2, 0.25) is 11.8 Å². The lowest BCUT2D eigenvalue weighted by atomic mass is 9.97. The van der Waals surface area contributed by atoms with Crippen LogP contribution in [0.25, 0.3) is 10.2 Å². The van der Waals surface area contributed by atoms with Crippen LogP contribution in [0.15, 0.2) is 18.2 Å². The van der Waals surface area contributed by atoms with Crippen LogP contribution in [0.5, 0.6) is 0 Å². The summed E-state index contributed by atoms with van der Waals surface area (Å²) >= 11 is 7.40. The molecule has 0 radical (unpaired) electrons. The number of halogens is 1. The number of rotatable bonds is 3. The van der Waals surface area contributed by atoms with Crippen molar-refractivity contribution in [1.29, 1.82) is 0 Å². The van der Waals surface area contributed by atoms with Crippen LogP contribution in [-0.4, -0.2) is 34.8 Å². The van der Waals surface area contributed by atoms with E-state index >= 15 is 0 Å². The molecular formula is C17H18ClN3O2S. The summed E-state index contributed by atoms with van der Waals surface area (Å²) in [6.07, 6.45) is 3.70. The van der Waals surface area contributed by atoms with E-state index in [9.17, 15) is 9.59 Å². The van der Waals surface area contributed by atoms with E-state index in [2.05, 4.69) is 10.3 Å². The molecule has 1 aromatic heterocycles. The number of nitrogens with one attached hydrogen (secondary N) is 1. The number of aromatic nitrogens is 1. The molecule has 2 aliphatic rings. The number of anilines is 1. The van der Waals surface area contributed by atoms with Crippen molar-refractivity contribution in [2.24, 2.45) is 11.8 Å². The van der Waals surface area contributed by atoms with Crippen molar-refractivity contribution in [3.8, 4) is 0 Å². The molecule has 2 heterocycles. The van der Waals surface area contributed by atoms with Gasteiger partial charge in [0.1, 0.15) is 0 Å². The lowest BCUT2D eigenvalue weighted by Gasteiger charge is -2.32. The van der Waals surface area contributed by atoms with Crippen LogP contribution in [0, 0.1) is 11.8 Å². The number of likely N-dealkylation sites (tertiary alicyclic amines) is 1. The SMILES string of the molecule is O=C(Nc1nc2ccc(Cl)cc2s1)C1CCCN(C(=O)C2CC2)C1. The first kappa shape index (κ1) is 15.8. The summed E-state index contributed by atoms with van der Waals surface area (Å²) < 4.78 is 0.951. The van der Waals surface area contributed by atoms with Crippen molar-refractivity contribution in [2.45, 2.75) is 25.7 Å². The molecule has 2 amide bonds. The number of hydrogen-bond donors (Lipinski definition) is 1. The Hall–Kier alpha value is -1.66. The lowest BCUT2D eigenvalue weighted by molar-refractivity contribution is -0.135. The van der Waals surface area contributed by atoms with E-state index in [0.717, 1.165) is 42.4 Å². The van der Waals surface area contributed by atoms with Gasteiger partial charge in [0.25, 0.3) is 0 Å². The van der Waals surface area contributed by atoms with Crippen molar-refractivity contribution in [1.82, 2.24) is 9.88 Å². The van der Waals surface area contributed by atoms with Crippen LogP contribution in [-0.2, 0) is 9.59 Å². The second kappa shape index (κ2) is 6.33. The smallest absolute Gasteiger partial charge is 0.231 e. The Bertz CT molecular complexity index is 802. The van der Waals surface area contributed by atoms with Gasteiger partial charge in [0, 0.05) is 24.0 Å². The van der Waals surface area contributed by atoms with Gasteiger partial charge in [-0.2, -0.15) is 0 Å². The first-order valence-electron chi connectivity index (χ1n) is 8.26. The summed E-state index contributed by atoms with van der Waals surface area (Å²) in [6, 6.07) is 5.49. The van der Waals surface area contributed by atoms with Crippen molar-refractivity contribution < 1.29 is 9.59 Å². The number of fused-ring (bicyclic) bond motifs is 1. The van der Waals surface area contributed by atoms with Gasteiger partial charge in [0.15, 0.2) is 5.13 Å². The predicted octanol–water partition coefficient (Wildman–Crippen LogP) is 3.54. The molecule has 1 aromatic carbocycles. The summed E-state index contributed by atoms with van der Waals surface area (Å²) in [4.78, 5) is 31.1. The summed E-state index contributed by atoms with van der Waals surface area (Å²) in [7, 11) is 0. The number of benzene rings is 1. The molecule has 4 rings (SSSR count). The third kappa shape index (κ3) is 3.26. The van der Waals surface area contributed by atoms with E-state index in [4.69, 9.17) is 11.6 Å². The van der Waals surface area contributed by atoms with Gasteiger partial charge in [-0.3, -0.25) is 9.59 Å². The molecule has 0 bridgehead atoms. The second-order valence-electron chi connectivity index (χ2n) is 6.52. The fourth-order valence-electron chi connectivity index (χ4n) is 3.14. The maximum absolute atomic E-state index is 12.6. The highest BCUT2D eigenvalue weighted by atomic mass is 35.5. The zero-order chi connectivity index (χ0) is 16.7. The van der Waals surface area contributed by atoms with Gasteiger partial charge >= 0.3 is 0 Å². The van der Waals surface area contributed by atoms with Crippen LogP contribution in [0.3, 0.4) is 0 Å². The van der Waals surface area contributed by atoms with E-state index < -0.39 is 0 Å². The van der Waals surface area contributed by atoms with E-state index in [-0.39, 0.29) is 23.7 Å². The van der Waals surface area contributed by atoms with Crippen LogP contribution in [0.2, 0.25) is 5.02 Å². The number of thiazole rings is 1. The summed E-state index contributed by atoms with van der Waals surface area (Å²) in [5, 5.41) is 4.16. The number of piperidine rings is 1. The Balaban J connectivity index is 1.43. The minimum absolute atomic E-state index is 0.0477. The van der Waals surface area contributed by atoms with Crippen LogP contribution in [0.1, 0.15) is 25.7 Å². The molecule has 5 nitrogen and oxygen atoms in total. The molecule has 7 heteroatoms. The lowest BCUT2D eigenvalue weighted by Crippen LogP contribution is -2.44. The van der Waals surface area contributed by atoms with Gasteiger partial charge in [-0.15, -0.1) is 0 Å². The Morgan fingerprint density at radius 3 is 2.88 bits per heavy atom. The molecule has 1 atom stereocenters. The van der Waals surface area contributed by atoms with Gasteiger partial charge in [-0.25, -0.2) is 4.98 Å². The van der Waals surface area contributed by atoms with Gasteiger partial charge in [-0.1, -0.05) is 22.9 Å². The van der Waals surface area contributed by atoms with E-state index in [0.29, 0.717) is 16.7 Å². The maximum Gasteiger partial charge on any atom is 0.231 e. The fourth-order valence-corrected chi connectivity index (χ4v) is 4.28. The molecule has 0 spiro atoms. The van der Waals surface area contributed by atoms with Gasteiger partial charge in [-0.05, 0) is 43.9 Å². The molecule has 2 aromatic rings. The number of carbonyl (C=O) groups is 2. The molecule has 2 fully saturated rings. The normalized spacial score (nSPS) is 21.0. The molecule has 1 saturated carbocycles. The summed E-state index contributed by atoms with van der Waals surface area (Å²) in [5.41, 5.74) is 0.828. The maximum atomic E-state index is 12.6. The molecule has 126 valence electrons. The average Bonchev–Trinajstić information content (AvgIpc) is 3.35. The minimum Gasteiger partial charge on any atom is -0.342 e. The van der Waals surface area contributed by atoms with Crippen LogP contribution in [0.4, 0.5) is 5.13 Å². The minimum atomic E-state index is -0.156. The zero-order valence-corrected chi connectivity index (χ0v) is 14.7. The van der Waals surface area contributed by atoms with Crippen molar-refractivity contribution in [2.75, 3.05) is 18.4 Å². The summed E-state index contributed by atoms with van der Waals surface area (Å²) in [6.45, 7) is 1.30. The molecule has 1 aliphatic heterocycles. The molecule has 1 N–H and O–H groups in total. The molecule has 24 heavy (non-hydrogen) atoms. The highest BCUT2D eigenvalue weighted by Gasteiger charge is 2.36. The largest absolute Gasteiger partial charge is 0.342 e. The van der Waals surface area contributed by atoms with Crippen LogP contribution < -0.4 is 5.32 Å². The standard InChI is InChI=1S/C17H18ClN3O2S/c18-12-5-6-13-14(8-12)24-17(19-13)20-15(22)11-2-1-7-21(9-11)16(23)10-3-4-10/h5-6,8,10-11H,1-4,7,9H2,(H,19,20,22). The monoisotopic (exact) mass is 363 g/mol. The van der Waals surface area contributed by atoms with Gasteiger partial charge < -0.3 is 10.2 Å². The molecule has 1 aliphatic carbocycles. The van der Waals surface area contributed by atoms with Crippen molar-refractivity contribution >= 4 is 50.1 Å². The van der Waals surface area contributed by atoms with E-state index in [1.807, 2.05) is 17.0 Å². The first-order chi connectivity index (χ1) is 11.6. The fraction of sp³-hybridized carbons (Fsp3) is 0.471. The van der Waals surface area contributed by atoms with Crippen molar-refractivity contribution in [3.63, 3.8) is 0 Å². The van der Waals surface area contributed by atoms with Gasteiger partial charge in [0.05, 0.1) is 16.1 Å². The number of carbonyl (C=O) groups excluding carboxylic acids is 2. The highest BCUT2D eigenvalue weighted by Crippen LogP contribution is 2.33. The number of nitrogens with zero attached hydrogens (tertiary/aromatic N) is 2. The topological polar surface area (TPSA) is 62.3 Å². The second-order valence-corrected chi connectivity index (χ2v) is 7.99. The highest BCUT2D eigenvalue weighted by molar-refractivity contribution is 7.22. The first-order valence-corrected chi connectivity index (χ1v) is 9.45. The molecular weight excluding hydrogens is 346 g/mol. The third-order valence-corrected chi connectivity index (χ3v) is 5.78. The zero-order valence-electron chi connectivity index (χ0n) is 13.1. The number of hydrogen-bond acceptors (Lipinski definition) is 4.